The second-order valence-corrected chi connectivity index (χ2v) is 4.88. The summed E-state index contributed by atoms with van der Waals surface area (Å²) in [6.45, 7) is 4.82. The molecule has 0 aliphatic heterocycles. The third-order valence-corrected chi connectivity index (χ3v) is 2.26. The van der Waals surface area contributed by atoms with Crippen molar-refractivity contribution in [2.45, 2.75) is 26.9 Å². The zero-order valence-corrected chi connectivity index (χ0v) is 8.47. The van der Waals surface area contributed by atoms with E-state index >= 15 is 0 Å². The summed E-state index contributed by atoms with van der Waals surface area (Å²) < 4.78 is 26.0. The molecule has 0 radical (unpaired) electrons. The third-order valence-electron chi connectivity index (χ3n) is 1.62. The quantitative estimate of drug-likeness (QED) is 0.621. The van der Waals surface area contributed by atoms with Crippen LogP contribution in [0.5, 0.6) is 0 Å². The lowest BCUT2D eigenvalue weighted by atomic mass is 9.90. The van der Waals surface area contributed by atoms with Crippen molar-refractivity contribution < 1.29 is 12.6 Å². The van der Waals surface area contributed by atoms with Crippen LogP contribution in [0.4, 0.5) is 0 Å². The lowest BCUT2D eigenvalue weighted by molar-refractivity contribution is 0.138. The normalized spacial score (nSPS) is 15.2. The highest BCUT2D eigenvalue weighted by Gasteiger charge is 2.29. The molecule has 70 valence electrons. The number of nitriles is 1. The van der Waals surface area contributed by atoms with Crippen LogP contribution in [-0.2, 0) is 14.3 Å². The zero-order chi connectivity index (χ0) is 9.99. The van der Waals surface area contributed by atoms with Crippen molar-refractivity contribution >= 4 is 10.1 Å². The van der Waals surface area contributed by atoms with E-state index in [0.29, 0.717) is 0 Å². The molecule has 12 heavy (non-hydrogen) atoms. The summed E-state index contributed by atoms with van der Waals surface area (Å²) in [6, 6.07) is 1.97. The van der Waals surface area contributed by atoms with Gasteiger partial charge in [0.05, 0.1) is 23.8 Å². The molecule has 0 heterocycles. The Morgan fingerprint density at radius 2 is 1.92 bits per heavy atom. The van der Waals surface area contributed by atoms with Gasteiger partial charge in [-0.05, 0) is 20.8 Å². The fourth-order valence-corrected chi connectivity index (χ4v) is 1.24. The van der Waals surface area contributed by atoms with E-state index < -0.39 is 21.6 Å². The van der Waals surface area contributed by atoms with Gasteiger partial charge in [0.2, 0.25) is 0 Å². The summed E-state index contributed by atoms with van der Waals surface area (Å²) in [4.78, 5) is 0. The molecule has 0 bridgehead atoms. The monoisotopic (exact) mass is 191 g/mol. The predicted octanol–water partition coefficient (Wildman–Crippen LogP) is 0.901. The van der Waals surface area contributed by atoms with Gasteiger partial charge in [-0.3, -0.25) is 4.18 Å². The van der Waals surface area contributed by atoms with Crippen molar-refractivity contribution in [3.05, 3.63) is 0 Å². The van der Waals surface area contributed by atoms with Gasteiger partial charge in [0, 0.05) is 0 Å². The fraction of sp³-hybridized carbons (Fsp3) is 0.857. The van der Waals surface area contributed by atoms with E-state index in [4.69, 9.17) is 5.26 Å². The van der Waals surface area contributed by atoms with Crippen LogP contribution in [0.3, 0.4) is 0 Å². The summed E-state index contributed by atoms with van der Waals surface area (Å²) in [7, 11) is -3.47. The highest BCUT2D eigenvalue weighted by atomic mass is 32.2. The first-order chi connectivity index (χ1) is 5.19. The standard InChI is InChI=1S/C7H13NO3S/c1-6(7(2,3)5-8)11-12(4,9)10/h6H,1-4H3. The minimum absolute atomic E-state index is 0.627. The van der Waals surface area contributed by atoms with Crippen molar-refractivity contribution in [2.24, 2.45) is 5.41 Å². The maximum absolute atomic E-state index is 10.7. The van der Waals surface area contributed by atoms with Gasteiger partial charge < -0.3 is 0 Å². The van der Waals surface area contributed by atoms with Gasteiger partial charge in [-0.2, -0.15) is 13.7 Å². The molecule has 0 aromatic rings. The molecule has 0 saturated heterocycles. The average Bonchev–Trinajstić information content (AvgIpc) is 1.84. The van der Waals surface area contributed by atoms with E-state index in [1.54, 1.807) is 20.8 Å². The highest BCUT2D eigenvalue weighted by molar-refractivity contribution is 7.86. The summed E-state index contributed by atoms with van der Waals surface area (Å²) >= 11 is 0. The van der Waals surface area contributed by atoms with Crippen LogP contribution in [0.15, 0.2) is 0 Å². The molecular formula is C7H13NO3S. The number of hydrogen-bond acceptors (Lipinski definition) is 4. The first-order valence-corrected chi connectivity index (χ1v) is 5.30. The van der Waals surface area contributed by atoms with Crippen LogP contribution >= 0.6 is 0 Å². The van der Waals surface area contributed by atoms with Crippen LogP contribution in [-0.4, -0.2) is 20.8 Å². The van der Waals surface area contributed by atoms with Crippen molar-refractivity contribution in [3.8, 4) is 6.07 Å². The van der Waals surface area contributed by atoms with Gasteiger partial charge in [0.1, 0.15) is 0 Å². The van der Waals surface area contributed by atoms with E-state index in [1.165, 1.54) is 0 Å². The molecule has 0 rings (SSSR count). The molecule has 0 fully saturated rings. The fourth-order valence-electron chi connectivity index (χ4n) is 0.473. The van der Waals surface area contributed by atoms with E-state index in [1.807, 2.05) is 6.07 Å². The molecule has 0 saturated carbocycles. The molecule has 0 aromatic carbocycles. The second kappa shape index (κ2) is 3.42. The molecule has 0 aromatic heterocycles. The molecule has 0 N–H and O–H groups in total. The van der Waals surface area contributed by atoms with Crippen LogP contribution in [0.2, 0.25) is 0 Å². The Balaban J connectivity index is 4.46. The van der Waals surface area contributed by atoms with Gasteiger partial charge in [-0.15, -0.1) is 0 Å². The van der Waals surface area contributed by atoms with Crippen molar-refractivity contribution in [2.75, 3.05) is 6.26 Å². The maximum Gasteiger partial charge on any atom is 0.264 e. The SMILES string of the molecule is CC(OS(C)(=O)=O)C(C)(C)C#N. The second-order valence-electron chi connectivity index (χ2n) is 3.28. The lowest BCUT2D eigenvalue weighted by Gasteiger charge is -2.22. The summed E-state index contributed by atoms with van der Waals surface area (Å²) in [5.74, 6) is 0. The Morgan fingerprint density at radius 1 is 1.50 bits per heavy atom. The van der Waals surface area contributed by atoms with Crippen molar-refractivity contribution in [1.29, 1.82) is 5.26 Å². The average molecular weight is 191 g/mol. The first-order valence-electron chi connectivity index (χ1n) is 3.48. The van der Waals surface area contributed by atoms with Gasteiger partial charge in [-0.1, -0.05) is 0 Å². The van der Waals surface area contributed by atoms with Crippen LogP contribution in [0.1, 0.15) is 20.8 Å². The summed E-state index contributed by atoms with van der Waals surface area (Å²) in [6.07, 6.45) is 0.342. The Hall–Kier alpha value is -0.600. The minimum Gasteiger partial charge on any atom is -0.266 e. The molecule has 5 heteroatoms. The van der Waals surface area contributed by atoms with E-state index in [-0.39, 0.29) is 0 Å². The number of hydrogen-bond donors (Lipinski definition) is 0. The molecule has 0 aliphatic rings. The Bertz CT molecular complexity index is 286. The van der Waals surface area contributed by atoms with Gasteiger partial charge in [0.25, 0.3) is 10.1 Å². The lowest BCUT2D eigenvalue weighted by Crippen LogP contribution is -2.29. The van der Waals surface area contributed by atoms with E-state index in [9.17, 15) is 8.42 Å². The van der Waals surface area contributed by atoms with Crippen molar-refractivity contribution in [1.82, 2.24) is 0 Å². The largest absolute Gasteiger partial charge is 0.266 e. The molecular weight excluding hydrogens is 178 g/mol. The topological polar surface area (TPSA) is 67.2 Å². The highest BCUT2D eigenvalue weighted by Crippen LogP contribution is 2.22. The van der Waals surface area contributed by atoms with Crippen LogP contribution in [0, 0.1) is 16.7 Å². The molecule has 0 amide bonds. The maximum atomic E-state index is 10.7. The molecule has 4 nitrogen and oxygen atoms in total. The van der Waals surface area contributed by atoms with Gasteiger partial charge in [0.15, 0.2) is 0 Å². The summed E-state index contributed by atoms with van der Waals surface area (Å²) in [5.41, 5.74) is -0.789. The molecule has 1 unspecified atom stereocenters. The molecule has 1 atom stereocenters. The Labute approximate surface area is 73.3 Å². The molecule has 0 aliphatic carbocycles. The van der Waals surface area contributed by atoms with Crippen molar-refractivity contribution in [3.63, 3.8) is 0 Å². The Kier molecular flexibility index (Phi) is 3.25. The predicted molar refractivity (Wildman–Crippen MR) is 44.8 cm³/mol. The van der Waals surface area contributed by atoms with Crippen LogP contribution < -0.4 is 0 Å². The number of rotatable bonds is 3. The third kappa shape index (κ3) is 3.69. The van der Waals surface area contributed by atoms with E-state index in [2.05, 4.69) is 4.18 Å². The smallest absolute Gasteiger partial charge is 0.264 e. The minimum atomic E-state index is -3.47. The first kappa shape index (κ1) is 11.4. The van der Waals surface area contributed by atoms with Gasteiger partial charge in [-0.25, -0.2) is 0 Å². The zero-order valence-electron chi connectivity index (χ0n) is 7.66. The number of nitrogens with zero attached hydrogens (tertiary/aromatic N) is 1. The van der Waals surface area contributed by atoms with E-state index in [0.717, 1.165) is 6.26 Å². The molecule has 0 spiro atoms. The van der Waals surface area contributed by atoms with Crippen LogP contribution in [0.25, 0.3) is 0 Å². The Morgan fingerprint density at radius 3 is 2.17 bits per heavy atom. The van der Waals surface area contributed by atoms with Gasteiger partial charge >= 0.3 is 0 Å². The summed E-state index contributed by atoms with van der Waals surface area (Å²) in [5, 5.41) is 8.64.